The van der Waals surface area contributed by atoms with Gasteiger partial charge >= 0.3 is 12.0 Å². The zero-order chi connectivity index (χ0) is 20.4. The zero-order valence-corrected chi connectivity index (χ0v) is 16.9. The Balaban J connectivity index is 1.96. The van der Waals surface area contributed by atoms with Crippen LogP contribution in [0.15, 0.2) is 42.5 Å². The Morgan fingerprint density at radius 2 is 1.71 bits per heavy atom. The molecule has 0 aliphatic heterocycles. The highest BCUT2D eigenvalue weighted by atomic mass is 35.5. The van der Waals surface area contributed by atoms with Crippen LogP contribution in [0.25, 0.3) is 0 Å². The van der Waals surface area contributed by atoms with Crippen molar-refractivity contribution in [2.45, 2.75) is 51.9 Å². The molecule has 2 aromatic carbocycles. The van der Waals surface area contributed by atoms with E-state index in [-0.39, 0.29) is 11.3 Å². The summed E-state index contributed by atoms with van der Waals surface area (Å²) in [5, 5.41) is 15.3. The van der Waals surface area contributed by atoms with Gasteiger partial charge in [-0.25, -0.2) is 9.59 Å². The fourth-order valence-electron chi connectivity index (χ4n) is 2.99. The molecule has 0 unspecified atom stereocenters. The fraction of sp³-hybridized carbons (Fsp3) is 0.364. The van der Waals surface area contributed by atoms with Gasteiger partial charge in [0.15, 0.2) is 0 Å². The summed E-state index contributed by atoms with van der Waals surface area (Å²) in [6, 6.07) is 11.4. The first-order chi connectivity index (χ1) is 13.5. The lowest BCUT2D eigenvalue weighted by Gasteiger charge is -2.12. The van der Waals surface area contributed by atoms with Crippen molar-refractivity contribution in [2.75, 3.05) is 10.6 Å². The molecule has 0 aliphatic carbocycles. The summed E-state index contributed by atoms with van der Waals surface area (Å²) in [4.78, 5) is 23.8. The largest absolute Gasteiger partial charge is 0.478 e. The van der Waals surface area contributed by atoms with Gasteiger partial charge < -0.3 is 15.7 Å². The normalized spacial score (nSPS) is 10.5. The van der Waals surface area contributed by atoms with Crippen molar-refractivity contribution in [3.63, 3.8) is 0 Å². The summed E-state index contributed by atoms with van der Waals surface area (Å²) in [6.45, 7) is 2.19. The van der Waals surface area contributed by atoms with Crippen LogP contribution in [0.1, 0.15) is 61.4 Å². The molecule has 150 valence electrons. The highest BCUT2D eigenvalue weighted by Gasteiger charge is 2.14. The van der Waals surface area contributed by atoms with E-state index < -0.39 is 12.0 Å². The van der Waals surface area contributed by atoms with Gasteiger partial charge in [0.2, 0.25) is 0 Å². The molecular formula is C22H27ClN2O3. The number of hydrogen-bond donors (Lipinski definition) is 3. The maximum Gasteiger partial charge on any atom is 0.337 e. The molecule has 0 saturated carbocycles. The highest BCUT2D eigenvalue weighted by Crippen LogP contribution is 2.21. The molecule has 2 amide bonds. The lowest BCUT2D eigenvalue weighted by atomic mass is 10.0. The Kier molecular flexibility index (Phi) is 8.82. The van der Waals surface area contributed by atoms with Crippen molar-refractivity contribution in [3.05, 3.63) is 58.6 Å². The number of carboxylic acid groups (broad SMARTS) is 1. The van der Waals surface area contributed by atoms with E-state index >= 15 is 0 Å². The summed E-state index contributed by atoms with van der Waals surface area (Å²) in [5.41, 5.74) is 1.85. The van der Waals surface area contributed by atoms with E-state index in [9.17, 15) is 14.7 Å². The van der Waals surface area contributed by atoms with Crippen molar-refractivity contribution in [2.24, 2.45) is 0 Å². The van der Waals surface area contributed by atoms with Crippen LogP contribution in [-0.2, 0) is 6.42 Å². The van der Waals surface area contributed by atoms with Crippen molar-refractivity contribution in [1.82, 2.24) is 0 Å². The van der Waals surface area contributed by atoms with Crippen LogP contribution < -0.4 is 10.6 Å². The number of anilines is 2. The third-order valence-corrected chi connectivity index (χ3v) is 4.70. The molecule has 0 aromatic heterocycles. The molecule has 0 spiro atoms. The van der Waals surface area contributed by atoms with E-state index in [2.05, 4.69) is 17.6 Å². The molecule has 0 radical (unpaired) electrons. The second-order valence-electron chi connectivity index (χ2n) is 6.79. The van der Waals surface area contributed by atoms with Gasteiger partial charge in [-0.3, -0.25) is 0 Å². The summed E-state index contributed by atoms with van der Waals surface area (Å²) < 4.78 is 0. The van der Waals surface area contributed by atoms with E-state index in [1.54, 1.807) is 36.4 Å². The summed E-state index contributed by atoms with van der Waals surface area (Å²) >= 11 is 5.90. The number of aromatic carboxylic acids is 1. The lowest BCUT2D eigenvalue weighted by Crippen LogP contribution is -2.21. The number of carbonyl (C=O) groups excluding carboxylic acids is 1. The van der Waals surface area contributed by atoms with Crippen molar-refractivity contribution >= 4 is 35.0 Å². The molecule has 28 heavy (non-hydrogen) atoms. The number of nitrogens with one attached hydrogen (secondary N) is 2. The van der Waals surface area contributed by atoms with Gasteiger partial charge in [-0.2, -0.15) is 0 Å². The molecule has 5 nitrogen and oxygen atoms in total. The Hall–Kier alpha value is -2.53. The standard InChI is InChI=1S/C22H27ClN2O3/c1-2-3-4-5-6-7-9-16-12-13-20(19(14-16)21(26)27)25-22(28)24-18-11-8-10-17(23)15-18/h8,10-15H,2-7,9H2,1H3,(H,26,27)(H2,24,25,28). The molecule has 2 rings (SSSR count). The molecule has 0 saturated heterocycles. The predicted octanol–water partition coefficient (Wildman–Crippen LogP) is 6.59. The van der Waals surface area contributed by atoms with Crippen molar-refractivity contribution in [1.29, 1.82) is 0 Å². The number of urea groups is 1. The minimum Gasteiger partial charge on any atom is -0.478 e. The SMILES string of the molecule is CCCCCCCCc1ccc(NC(=O)Nc2cccc(Cl)c2)c(C(=O)O)c1. The molecule has 0 atom stereocenters. The number of hydrogen-bond acceptors (Lipinski definition) is 2. The molecule has 6 heteroatoms. The Morgan fingerprint density at radius 3 is 2.43 bits per heavy atom. The second kappa shape index (κ2) is 11.3. The number of carboxylic acids is 1. The zero-order valence-electron chi connectivity index (χ0n) is 16.1. The van der Waals surface area contributed by atoms with Gasteiger partial charge in [-0.15, -0.1) is 0 Å². The smallest absolute Gasteiger partial charge is 0.337 e. The molecule has 3 N–H and O–H groups in total. The predicted molar refractivity (Wildman–Crippen MR) is 115 cm³/mol. The number of aryl methyl sites for hydroxylation is 1. The van der Waals surface area contributed by atoms with E-state index in [4.69, 9.17) is 11.6 Å². The van der Waals surface area contributed by atoms with Crippen LogP contribution in [0.5, 0.6) is 0 Å². The number of rotatable bonds is 10. The lowest BCUT2D eigenvalue weighted by molar-refractivity contribution is 0.0698. The van der Waals surface area contributed by atoms with Gasteiger partial charge in [0.05, 0.1) is 11.3 Å². The average molecular weight is 403 g/mol. The van der Waals surface area contributed by atoms with Crippen LogP contribution in [0.3, 0.4) is 0 Å². The van der Waals surface area contributed by atoms with Gasteiger partial charge in [-0.1, -0.05) is 62.8 Å². The van der Waals surface area contributed by atoms with Crippen LogP contribution >= 0.6 is 11.6 Å². The van der Waals surface area contributed by atoms with Gasteiger partial charge in [0.1, 0.15) is 0 Å². The number of benzene rings is 2. The van der Waals surface area contributed by atoms with Crippen molar-refractivity contribution < 1.29 is 14.7 Å². The first-order valence-corrected chi connectivity index (χ1v) is 10.1. The molecule has 0 fully saturated rings. The maximum absolute atomic E-state index is 12.2. The quantitative estimate of drug-likeness (QED) is 0.392. The fourth-order valence-corrected chi connectivity index (χ4v) is 3.18. The van der Waals surface area contributed by atoms with Gasteiger partial charge in [0, 0.05) is 10.7 Å². The number of unbranched alkanes of at least 4 members (excludes halogenated alkanes) is 5. The van der Waals surface area contributed by atoms with Gasteiger partial charge in [0.25, 0.3) is 0 Å². The summed E-state index contributed by atoms with van der Waals surface area (Å²) in [5.74, 6) is -1.07. The number of carbonyl (C=O) groups is 2. The van der Waals surface area contributed by atoms with Crippen LogP contribution in [0.4, 0.5) is 16.2 Å². The number of amides is 2. The second-order valence-corrected chi connectivity index (χ2v) is 7.23. The monoisotopic (exact) mass is 402 g/mol. The first-order valence-electron chi connectivity index (χ1n) is 9.69. The molecule has 0 bridgehead atoms. The Bertz CT molecular complexity index is 808. The average Bonchev–Trinajstić information content (AvgIpc) is 2.65. The van der Waals surface area contributed by atoms with E-state index in [1.165, 1.54) is 25.7 Å². The highest BCUT2D eigenvalue weighted by molar-refractivity contribution is 6.30. The van der Waals surface area contributed by atoms with E-state index in [1.807, 2.05) is 6.07 Å². The third kappa shape index (κ3) is 7.24. The van der Waals surface area contributed by atoms with E-state index in [0.29, 0.717) is 10.7 Å². The minimum atomic E-state index is -1.07. The Labute approximate surface area is 171 Å². The van der Waals surface area contributed by atoms with Crippen LogP contribution in [0, 0.1) is 0 Å². The van der Waals surface area contributed by atoms with E-state index in [0.717, 1.165) is 24.8 Å². The topological polar surface area (TPSA) is 78.4 Å². The molecule has 2 aromatic rings. The Morgan fingerprint density at radius 1 is 0.964 bits per heavy atom. The molecule has 0 aliphatic rings. The maximum atomic E-state index is 12.2. The third-order valence-electron chi connectivity index (χ3n) is 4.46. The van der Waals surface area contributed by atoms with Gasteiger partial charge in [-0.05, 0) is 48.7 Å². The summed E-state index contributed by atoms with van der Waals surface area (Å²) in [6.07, 6.45) is 7.96. The minimum absolute atomic E-state index is 0.0877. The molecular weight excluding hydrogens is 376 g/mol. The first kappa shape index (κ1) is 21.8. The number of halogens is 1. The van der Waals surface area contributed by atoms with Crippen LogP contribution in [0.2, 0.25) is 5.02 Å². The summed E-state index contributed by atoms with van der Waals surface area (Å²) in [7, 11) is 0. The molecule has 0 heterocycles. The van der Waals surface area contributed by atoms with Crippen molar-refractivity contribution in [3.8, 4) is 0 Å². The van der Waals surface area contributed by atoms with Crippen LogP contribution in [-0.4, -0.2) is 17.1 Å².